The highest BCUT2D eigenvalue weighted by Crippen LogP contribution is 2.38. The molecule has 0 atom stereocenters. The van der Waals surface area contributed by atoms with Gasteiger partial charge in [0.15, 0.2) is 11.6 Å². The first-order valence-corrected chi connectivity index (χ1v) is 9.58. The summed E-state index contributed by atoms with van der Waals surface area (Å²) in [5, 5.41) is 3.17. The molecule has 0 aromatic heterocycles. The SMILES string of the molecule is CC(=O)OCCCNc1ccc(Br)c2c1C(=O)c1c(Br)cccc1C2=O. The predicted molar refractivity (Wildman–Crippen MR) is 105 cm³/mol. The molecular formula is C19H15Br2NO4. The fourth-order valence-electron chi connectivity index (χ4n) is 2.90. The van der Waals surface area contributed by atoms with E-state index in [9.17, 15) is 14.4 Å². The summed E-state index contributed by atoms with van der Waals surface area (Å²) in [5.74, 6) is -0.717. The van der Waals surface area contributed by atoms with Crippen LogP contribution in [0.2, 0.25) is 0 Å². The normalized spacial score (nSPS) is 12.4. The molecule has 2 aromatic rings. The quantitative estimate of drug-likeness (QED) is 0.434. The van der Waals surface area contributed by atoms with Crippen molar-refractivity contribution in [3.63, 3.8) is 0 Å². The number of nitrogens with one attached hydrogen (secondary N) is 1. The zero-order valence-electron chi connectivity index (χ0n) is 13.9. The van der Waals surface area contributed by atoms with Crippen LogP contribution in [-0.4, -0.2) is 30.7 Å². The summed E-state index contributed by atoms with van der Waals surface area (Å²) in [5.41, 5.74) is 2.09. The first-order chi connectivity index (χ1) is 12.4. The number of rotatable bonds is 5. The lowest BCUT2D eigenvalue weighted by atomic mass is 9.83. The Kier molecular flexibility index (Phi) is 5.58. The molecule has 0 unspecified atom stereocenters. The number of hydrogen-bond donors (Lipinski definition) is 1. The smallest absolute Gasteiger partial charge is 0.302 e. The zero-order valence-corrected chi connectivity index (χ0v) is 17.1. The number of carbonyl (C=O) groups is 3. The Morgan fingerprint density at radius 3 is 2.46 bits per heavy atom. The molecule has 0 amide bonds. The van der Waals surface area contributed by atoms with Gasteiger partial charge in [0.05, 0.1) is 12.2 Å². The van der Waals surface area contributed by atoms with Crippen LogP contribution in [-0.2, 0) is 9.53 Å². The minimum atomic E-state index is -0.326. The molecule has 5 nitrogen and oxygen atoms in total. The number of anilines is 1. The number of ketones is 2. The van der Waals surface area contributed by atoms with Crippen LogP contribution >= 0.6 is 31.9 Å². The Labute approximate surface area is 167 Å². The third-order valence-corrected chi connectivity index (χ3v) is 5.36. The first kappa shape index (κ1) is 18.8. The van der Waals surface area contributed by atoms with Crippen molar-refractivity contribution in [3.05, 3.63) is 61.5 Å². The molecule has 3 rings (SSSR count). The van der Waals surface area contributed by atoms with E-state index >= 15 is 0 Å². The van der Waals surface area contributed by atoms with Crippen molar-refractivity contribution in [1.29, 1.82) is 0 Å². The van der Waals surface area contributed by atoms with Crippen LogP contribution in [0.1, 0.15) is 45.2 Å². The van der Waals surface area contributed by atoms with Gasteiger partial charge in [-0.25, -0.2) is 0 Å². The first-order valence-electron chi connectivity index (χ1n) is 7.99. The molecule has 7 heteroatoms. The Bertz CT molecular complexity index is 924. The molecule has 0 saturated carbocycles. The Hall–Kier alpha value is -1.99. The van der Waals surface area contributed by atoms with Gasteiger partial charge in [-0.1, -0.05) is 44.0 Å². The van der Waals surface area contributed by atoms with Gasteiger partial charge in [-0.15, -0.1) is 0 Å². The molecule has 26 heavy (non-hydrogen) atoms. The average Bonchev–Trinajstić information content (AvgIpc) is 2.59. The standard InChI is InChI=1S/C19H15Br2NO4/c1-10(23)26-9-3-8-22-14-7-6-13(21)16-17(14)19(25)15-11(18(16)24)4-2-5-12(15)20/h2,4-7,22H,3,8-9H2,1H3. The minimum absolute atomic E-state index is 0.189. The summed E-state index contributed by atoms with van der Waals surface area (Å²) < 4.78 is 6.08. The van der Waals surface area contributed by atoms with E-state index in [1.54, 1.807) is 30.3 Å². The summed E-state index contributed by atoms with van der Waals surface area (Å²) in [6.45, 7) is 2.16. The Morgan fingerprint density at radius 2 is 1.73 bits per heavy atom. The van der Waals surface area contributed by atoms with E-state index in [0.29, 0.717) is 56.5 Å². The Balaban J connectivity index is 1.94. The number of fused-ring (bicyclic) bond motifs is 2. The molecular weight excluding hydrogens is 466 g/mol. The second-order valence-corrected chi connectivity index (χ2v) is 7.49. The summed E-state index contributed by atoms with van der Waals surface area (Å²) in [6.07, 6.45) is 0.590. The van der Waals surface area contributed by atoms with Gasteiger partial charge in [-0.3, -0.25) is 14.4 Å². The fraction of sp³-hybridized carbons (Fsp3) is 0.211. The van der Waals surface area contributed by atoms with Crippen molar-refractivity contribution in [3.8, 4) is 0 Å². The van der Waals surface area contributed by atoms with Gasteiger partial charge in [-0.2, -0.15) is 0 Å². The van der Waals surface area contributed by atoms with Crippen LogP contribution in [0, 0.1) is 0 Å². The van der Waals surface area contributed by atoms with Crippen LogP contribution in [0.15, 0.2) is 39.3 Å². The van der Waals surface area contributed by atoms with Crippen molar-refractivity contribution in [2.45, 2.75) is 13.3 Å². The van der Waals surface area contributed by atoms with Crippen LogP contribution < -0.4 is 5.32 Å². The number of esters is 1. The van der Waals surface area contributed by atoms with Crippen molar-refractivity contribution < 1.29 is 19.1 Å². The molecule has 0 saturated heterocycles. The van der Waals surface area contributed by atoms with Crippen LogP contribution in [0.5, 0.6) is 0 Å². The Morgan fingerprint density at radius 1 is 1.00 bits per heavy atom. The van der Waals surface area contributed by atoms with Gasteiger partial charge >= 0.3 is 5.97 Å². The number of carbonyl (C=O) groups excluding carboxylic acids is 3. The third-order valence-electron chi connectivity index (χ3n) is 4.04. The monoisotopic (exact) mass is 479 g/mol. The van der Waals surface area contributed by atoms with Gasteiger partial charge in [0.1, 0.15) is 0 Å². The highest BCUT2D eigenvalue weighted by Gasteiger charge is 2.34. The van der Waals surface area contributed by atoms with E-state index in [1.807, 2.05) is 0 Å². The van der Waals surface area contributed by atoms with Crippen molar-refractivity contribution >= 4 is 55.1 Å². The number of hydrogen-bond acceptors (Lipinski definition) is 5. The topological polar surface area (TPSA) is 72.5 Å². The zero-order chi connectivity index (χ0) is 18.8. The molecule has 2 aromatic carbocycles. The predicted octanol–water partition coefficient (Wildman–Crippen LogP) is 4.35. The second kappa shape index (κ2) is 7.72. The van der Waals surface area contributed by atoms with Crippen molar-refractivity contribution in [1.82, 2.24) is 0 Å². The molecule has 1 N–H and O–H groups in total. The molecule has 0 spiro atoms. The molecule has 0 fully saturated rings. The average molecular weight is 481 g/mol. The summed E-state index contributed by atoms with van der Waals surface area (Å²) in [7, 11) is 0. The molecule has 1 aliphatic rings. The van der Waals surface area contributed by atoms with Gasteiger partial charge < -0.3 is 10.1 Å². The lowest BCUT2D eigenvalue weighted by Gasteiger charge is -2.22. The van der Waals surface area contributed by atoms with Crippen molar-refractivity contribution in [2.75, 3.05) is 18.5 Å². The van der Waals surface area contributed by atoms with Gasteiger partial charge in [-0.05, 0) is 24.6 Å². The fourth-order valence-corrected chi connectivity index (χ4v) is 3.95. The van der Waals surface area contributed by atoms with Gasteiger partial charge in [0, 0.05) is 44.8 Å². The van der Waals surface area contributed by atoms with E-state index in [2.05, 4.69) is 37.2 Å². The molecule has 1 aliphatic carbocycles. The van der Waals surface area contributed by atoms with Crippen LogP contribution in [0.4, 0.5) is 5.69 Å². The minimum Gasteiger partial charge on any atom is -0.466 e. The molecule has 0 aliphatic heterocycles. The van der Waals surface area contributed by atoms with Crippen LogP contribution in [0.25, 0.3) is 0 Å². The van der Waals surface area contributed by atoms with Crippen molar-refractivity contribution in [2.24, 2.45) is 0 Å². The van der Waals surface area contributed by atoms with Gasteiger partial charge in [0.2, 0.25) is 0 Å². The highest BCUT2D eigenvalue weighted by atomic mass is 79.9. The lowest BCUT2D eigenvalue weighted by Crippen LogP contribution is -2.24. The van der Waals surface area contributed by atoms with E-state index in [-0.39, 0.29) is 17.5 Å². The second-order valence-electron chi connectivity index (χ2n) is 5.79. The summed E-state index contributed by atoms with van der Waals surface area (Å²) in [4.78, 5) is 36.9. The number of halogens is 2. The van der Waals surface area contributed by atoms with E-state index in [1.165, 1.54) is 6.92 Å². The van der Waals surface area contributed by atoms with Crippen LogP contribution in [0.3, 0.4) is 0 Å². The number of benzene rings is 2. The molecule has 0 heterocycles. The number of ether oxygens (including phenoxy) is 1. The maximum atomic E-state index is 13.1. The largest absolute Gasteiger partial charge is 0.466 e. The maximum Gasteiger partial charge on any atom is 0.302 e. The van der Waals surface area contributed by atoms with E-state index < -0.39 is 0 Å². The molecule has 134 valence electrons. The maximum absolute atomic E-state index is 13.1. The summed E-state index contributed by atoms with van der Waals surface area (Å²) in [6, 6.07) is 8.67. The van der Waals surface area contributed by atoms with E-state index in [0.717, 1.165) is 0 Å². The van der Waals surface area contributed by atoms with Gasteiger partial charge in [0.25, 0.3) is 0 Å². The third kappa shape index (κ3) is 3.46. The molecule has 0 bridgehead atoms. The highest BCUT2D eigenvalue weighted by molar-refractivity contribution is 9.10. The molecule has 0 radical (unpaired) electrons. The lowest BCUT2D eigenvalue weighted by molar-refractivity contribution is -0.140. The summed E-state index contributed by atoms with van der Waals surface area (Å²) >= 11 is 6.77. The van der Waals surface area contributed by atoms with E-state index in [4.69, 9.17) is 4.74 Å².